The van der Waals surface area contributed by atoms with Crippen molar-refractivity contribution in [3.63, 3.8) is 0 Å². The average Bonchev–Trinajstić information content (AvgIpc) is 2.82. The fourth-order valence-electron chi connectivity index (χ4n) is 1.82. The van der Waals surface area contributed by atoms with Crippen molar-refractivity contribution in [3.8, 4) is 22.8 Å². The second kappa shape index (κ2) is 4.99. The molecular weight excluding hydrogens is 270 g/mol. The number of hydrogen-bond acceptors (Lipinski definition) is 5. The van der Waals surface area contributed by atoms with E-state index in [9.17, 15) is 8.78 Å². The van der Waals surface area contributed by atoms with Crippen molar-refractivity contribution in [3.05, 3.63) is 23.8 Å². The van der Waals surface area contributed by atoms with Crippen LogP contribution in [0.1, 0.15) is 12.5 Å². The van der Waals surface area contributed by atoms with E-state index in [1.165, 1.54) is 32.4 Å². The summed E-state index contributed by atoms with van der Waals surface area (Å²) in [5.74, 6) is -2.48. The van der Waals surface area contributed by atoms with Crippen LogP contribution in [0.4, 0.5) is 14.7 Å². The lowest BCUT2D eigenvalue weighted by Crippen LogP contribution is -2.08. The lowest BCUT2D eigenvalue weighted by atomic mass is 10.0. The van der Waals surface area contributed by atoms with Gasteiger partial charge in [-0.2, -0.15) is 0 Å². The van der Waals surface area contributed by atoms with E-state index in [0.29, 0.717) is 11.3 Å². The van der Waals surface area contributed by atoms with Gasteiger partial charge in [-0.15, -0.1) is 0 Å². The minimum Gasteiger partial charge on any atom is -0.493 e. The van der Waals surface area contributed by atoms with Gasteiger partial charge in [0, 0.05) is 18.6 Å². The molecule has 5 nitrogen and oxygen atoms in total. The Hall–Kier alpha value is -2.31. The normalized spacial score (nSPS) is 11.4. The molecule has 7 heteroatoms. The maximum atomic E-state index is 13.5. The molecule has 0 amide bonds. The third-order valence-corrected chi connectivity index (χ3v) is 2.79. The number of nitrogens with two attached hydrogens (primary N) is 1. The minimum absolute atomic E-state index is 0.0784. The molecule has 1 heterocycles. The number of ether oxygens (including phenoxy) is 2. The molecule has 2 N–H and O–H groups in total. The number of hydrogen-bond donors (Lipinski definition) is 1. The van der Waals surface area contributed by atoms with Gasteiger partial charge in [0.1, 0.15) is 5.69 Å². The van der Waals surface area contributed by atoms with Crippen LogP contribution < -0.4 is 15.2 Å². The van der Waals surface area contributed by atoms with Crippen LogP contribution in [0.5, 0.6) is 11.5 Å². The Balaban J connectivity index is 2.69. The Bertz CT molecular complexity index is 621. The number of alkyl halides is 2. The summed E-state index contributed by atoms with van der Waals surface area (Å²) in [4.78, 5) is 0. The highest BCUT2D eigenvalue weighted by Gasteiger charge is 2.28. The van der Waals surface area contributed by atoms with Crippen LogP contribution in [0.2, 0.25) is 0 Å². The minimum atomic E-state index is -3.02. The molecule has 2 aromatic rings. The van der Waals surface area contributed by atoms with E-state index in [1.54, 1.807) is 0 Å². The summed E-state index contributed by atoms with van der Waals surface area (Å²) in [7, 11) is 2.78. The molecule has 1 aromatic carbocycles. The first-order valence-corrected chi connectivity index (χ1v) is 5.73. The van der Waals surface area contributed by atoms with E-state index in [-0.39, 0.29) is 22.9 Å². The van der Waals surface area contributed by atoms with Gasteiger partial charge in [-0.3, -0.25) is 0 Å². The lowest BCUT2D eigenvalue weighted by Gasteiger charge is -2.17. The molecule has 0 aliphatic heterocycles. The van der Waals surface area contributed by atoms with Gasteiger partial charge in [0.2, 0.25) is 5.88 Å². The Morgan fingerprint density at radius 3 is 2.35 bits per heavy atom. The van der Waals surface area contributed by atoms with Gasteiger partial charge < -0.3 is 19.7 Å². The van der Waals surface area contributed by atoms with Crippen LogP contribution in [0, 0.1) is 0 Å². The molecule has 0 spiro atoms. The van der Waals surface area contributed by atoms with E-state index >= 15 is 0 Å². The van der Waals surface area contributed by atoms with Gasteiger partial charge in [-0.25, -0.2) is 8.78 Å². The third kappa shape index (κ3) is 2.52. The van der Waals surface area contributed by atoms with Crippen LogP contribution in [0.3, 0.4) is 0 Å². The quantitative estimate of drug-likeness (QED) is 0.934. The predicted molar refractivity (Wildman–Crippen MR) is 69.0 cm³/mol. The van der Waals surface area contributed by atoms with Gasteiger partial charge in [0.05, 0.1) is 19.8 Å². The van der Waals surface area contributed by atoms with Gasteiger partial charge in [0.15, 0.2) is 11.5 Å². The SMILES string of the molecule is COc1cc(C(C)(F)F)cc(-c2cc(N)on2)c1OC. The highest BCUT2D eigenvalue weighted by molar-refractivity contribution is 5.73. The van der Waals surface area contributed by atoms with Gasteiger partial charge in [0.25, 0.3) is 5.92 Å². The lowest BCUT2D eigenvalue weighted by molar-refractivity contribution is 0.0172. The smallest absolute Gasteiger partial charge is 0.270 e. The standard InChI is InChI=1S/C13H14F2N2O3/c1-13(14,15)7-4-8(9-6-11(16)20-17-9)12(19-3)10(5-7)18-2/h4-6H,16H2,1-3H3. The zero-order valence-corrected chi connectivity index (χ0v) is 11.2. The molecule has 0 atom stereocenters. The predicted octanol–water partition coefficient (Wildman–Crippen LogP) is 3.05. The molecule has 0 aliphatic rings. The van der Waals surface area contributed by atoms with Crippen molar-refractivity contribution in [1.29, 1.82) is 0 Å². The maximum Gasteiger partial charge on any atom is 0.270 e. The molecule has 0 fully saturated rings. The average molecular weight is 284 g/mol. The largest absolute Gasteiger partial charge is 0.493 e. The summed E-state index contributed by atoms with van der Waals surface area (Å²) in [6.45, 7) is 0.801. The molecule has 108 valence electrons. The zero-order valence-electron chi connectivity index (χ0n) is 11.2. The summed E-state index contributed by atoms with van der Waals surface area (Å²) < 4.78 is 42.1. The van der Waals surface area contributed by atoms with E-state index in [1.807, 2.05) is 0 Å². The number of methoxy groups -OCH3 is 2. The third-order valence-electron chi connectivity index (χ3n) is 2.79. The van der Waals surface area contributed by atoms with Crippen molar-refractivity contribution in [2.75, 3.05) is 20.0 Å². The molecule has 0 bridgehead atoms. The van der Waals surface area contributed by atoms with Crippen molar-refractivity contribution < 1.29 is 22.8 Å². The number of aromatic nitrogens is 1. The topological polar surface area (TPSA) is 70.5 Å². The van der Waals surface area contributed by atoms with Crippen LogP contribution in [-0.2, 0) is 5.92 Å². The second-order valence-corrected chi connectivity index (χ2v) is 4.26. The van der Waals surface area contributed by atoms with Crippen molar-refractivity contribution >= 4 is 5.88 Å². The molecular formula is C13H14F2N2O3. The van der Waals surface area contributed by atoms with Crippen LogP contribution in [0.25, 0.3) is 11.3 Å². The van der Waals surface area contributed by atoms with Crippen molar-refractivity contribution in [1.82, 2.24) is 5.16 Å². The van der Waals surface area contributed by atoms with Crippen molar-refractivity contribution in [2.45, 2.75) is 12.8 Å². The number of rotatable bonds is 4. The Morgan fingerprint density at radius 1 is 1.20 bits per heavy atom. The fraction of sp³-hybridized carbons (Fsp3) is 0.308. The second-order valence-electron chi connectivity index (χ2n) is 4.26. The molecule has 2 rings (SSSR count). The maximum absolute atomic E-state index is 13.5. The Labute approximate surface area is 114 Å². The van der Waals surface area contributed by atoms with E-state index in [0.717, 1.165) is 6.92 Å². The summed E-state index contributed by atoms with van der Waals surface area (Å²) in [6, 6.07) is 3.93. The fourth-order valence-corrected chi connectivity index (χ4v) is 1.82. The van der Waals surface area contributed by atoms with Crippen LogP contribution >= 0.6 is 0 Å². The number of nitrogen functional groups attached to an aromatic ring is 1. The van der Waals surface area contributed by atoms with E-state index < -0.39 is 5.92 Å². The Kier molecular flexibility index (Phi) is 3.52. The Morgan fingerprint density at radius 2 is 1.90 bits per heavy atom. The number of anilines is 1. The van der Waals surface area contributed by atoms with Crippen LogP contribution in [-0.4, -0.2) is 19.4 Å². The molecule has 0 saturated heterocycles. The monoisotopic (exact) mass is 284 g/mol. The van der Waals surface area contributed by atoms with Gasteiger partial charge >= 0.3 is 0 Å². The van der Waals surface area contributed by atoms with E-state index in [4.69, 9.17) is 19.7 Å². The van der Waals surface area contributed by atoms with Crippen molar-refractivity contribution in [2.24, 2.45) is 0 Å². The van der Waals surface area contributed by atoms with Gasteiger partial charge in [-0.05, 0) is 12.1 Å². The number of halogens is 2. The molecule has 20 heavy (non-hydrogen) atoms. The molecule has 0 aliphatic carbocycles. The number of benzene rings is 1. The first kappa shape index (κ1) is 14.1. The molecule has 0 saturated carbocycles. The van der Waals surface area contributed by atoms with Crippen LogP contribution in [0.15, 0.2) is 22.7 Å². The zero-order chi connectivity index (χ0) is 14.9. The first-order valence-electron chi connectivity index (χ1n) is 5.73. The molecule has 1 aromatic heterocycles. The summed E-state index contributed by atoms with van der Waals surface area (Å²) >= 11 is 0. The van der Waals surface area contributed by atoms with Gasteiger partial charge in [-0.1, -0.05) is 5.16 Å². The number of nitrogens with zero attached hydrogens (tertiary/aromatic N) is 1. The highest BCUT2D eigenvalue weighted by atomic mass is 19.3. The highest BCUT2D eigenvalue weighted by Crippen LogP contribution is 2.42. The first-order chi connectivity index (χ1) is 9.36. The summed E-state index contributed by atoms with van der Waals surface area (Å²) in [5, 5.41) is 3.71. The molecule has 0 unspecified atom stereocenters. The molecule has 0 radical (unpaired) electrons. The summed E-state index contributed by atoms with van der Waals surface area (Å²) in [5.41, 5.74) is 5.85. The summed E-state index contributed by atoms with van der Waals surface area (Å²) in [6.07, 6.45) is 0. The van der Waals surface area contributed by atoms with E-state index in [2.05, 4.69) is 5.16 Å².